The minimum Gasteiger partial charge on any atom is -0.493 e. The van der Waals surface area contributed by atoms with E-state index in [1.54, 1.807) is 19.2 Å². The van der Waals surface area contributed by atoms with Gasteiger partial charge in [-0.05, 0) is 46.4 Å². The van der Waals surface area contributed by atoms with Gasteiger partial charge in [0.25, 0.3) is 0 Å². The van der Waals surface area contributed by atoms with Gasteiger partial charge in [0.05, 0.1) is 13.7 Å². The molecule has 0 bridgehead atoms. The Morgan fingerprint density at radius 2 is 1.90 bits per heavy atom. The second-order valence-electron chi connectivity index (χ2n) is 4.17. The molecule has 0 fully saturated rings. The Labute approximate surface area is 136 Å². The summed E-state index contributed by atoms with van der Waals surface area (Å²) in [7, 11) is 1.55. The molecule has 5 heteroatoms. The van der Waals surface area contributed by atoms with Gasteiger partial charge in [-0.1, -0.05) is 23.7 Å². The van der Waals surface area contributed by atoms with Crippen molar-refractivity contribution in [2.24, 2.45) is 0 Å². The number of hydrogen-bond donors (Lipinski definition) is 1. The summed E-state index contributed by atoms with van der Waals surface area (Å²) in [5, 5.41) is 9.91. The Kier molecular flexibility index (Phi) is 5.51. The fraction of sp³-hybridized carbons (Fsp3) is 0.200. The van der Waals surface area contributed by atoms with E-state index < -0.39 is 0 Å². The highest BCUT2D eigenvalue weighted by atomic mass is 127. The van der Waals surface area contributed by atoms with Gasteiger partial charge in [0.15, 0.2) is 11.5 Å². The first-order valence-electron chi connectivity index (χ1n) is 5.98. The molecule has 2 rings (SSSR count). The highest BCUT2D eigenvalue weighted by molar-refractivity contribution is 14.1. The van der Waals surface area contributed by atoms with E-state index in [0.717, 1.165) is 5.56 Å². The first-order valence-corrected chi connectivity index (χ1v) is 7.44. The van der Waals surface area contributed by atoms with Crippen LogP contribution in [-0.2, 0) is 13.2 Å². The number of aliphatic hydroxyl groups is 1. The summed E-state index contributed by atoms with van der Waals surface area (Å²) in [4.78, 5) is 0. The minimum atomic E-state index is -0.154. The summed E-state index contributed by atoms with van der Waals surface area (Å²) in [6.07, 6.45) is 0. The first kappa shape index (κ1) is 15.4. The molecule has 0 aliphatic heterocycles. The lowest BCUT2D eigenvalue weighted by molar-refractivity contribution is 0.250. The SMILES string of the molecule is COc1cc(Cl)cc(CO)c1OCc1ccc(I)cc1. The molecule has 0 aliphatic rings. The molecule has 0 spiro atoms. The van der Waals surface area contributed by atoms with Gasteiger partial charge < -0.3 is 14.6 Å². The van der Waals surface area contributed by atoms with Crippen LogP contribution in [0.1, 0.15) is 11.1 Å². The molecule has 2 aromatic rings. The van der Waals surface area contributed by atoms with Crippen molar-refractivity contribution in [3.05, 3.63) is 56.1 Å². The van der Waals surface area contributed by atoms with Crippen molar-refractivity contribution in [2.75, 3.05) is 7.11 Å². The number of ether oxygens (including phenoxy) is 2. The topological polar surface area (TPSA) is 38.7 Å². The van der Waals surface area contributed by atoms with Gasteiger partial charge in [-0.15, -0.1) is 0 Å². The molecule has 2 aromatic carbocycles. The Morgan fingerprint density at radius 3 is 2.50 bits per heavy atom. The highest BCUT2D eigenvalue weighted by Gasteiger charge is 2.12. The Bertz CT molecular complexity index is 559. The lowest BCUT2D eigenvalue weighted by Crippen LogP contribution is -2.01. The summed E-state index contributed by atoms with van der Waals surface area (Å²) in [5.74, 6) is 1.05. The molecule has 0 atom stereocenters. The van der Waals surface area contributed by atoms with Crippen LogP contribution in [0.15, 0.2) is 36.4 Å². The van der Waals surface area contributed by atoms with Gasteiger partial charge in [-0.25, -0.2) is 0 Å². The van der Waals surface area contributed by atoms with E-state index in [4.69, 9.17) is 21.1 Å². The van der Waals surface area contributed by atoms with Crippen molar-refractivity contribution in [3.63, 3.8) is 0 Å². The standard InChI is InChI=1S/C15H14ClIO3/c1-19-14-7-12(16)6-11(8-18)15(14)20-9-10-2-4-13(17)5-3-10/h2-7,18H,8-9H2,1H3. The van der Waals surface area contributed by atoms with Crippen LogP contribution < -0.4 is 9.47 Å². The largest absolute Gasteiger partial charge is 0.493 e. The van der Waals surface area contributed by atoms with Crippen molar-refractivity contribution < 1.29 is 14.6 Å². The van der Waals surface area contributed by atoms with Crippen LogP contribution in [0.25, 0.3) is 0 Å². The van der Waals surface area contributed by atoms with Crippen molar-refractivity contribution in [1.82, 2.24) is 0 Å². The van der Waals surface area contributed by atoms with E-state index in [2.05, 4.69) is 22.6 Å². The number of methoxy groups -OCH3 is 1. The first-order chi connectivity index (χ1) is 9.63. The Hall–Kier alpha value is -0.980. The molecule has 0 heterocycles. The van der Waals surface area contributed by atoms with Gasteiger partial charge in [-0.3, -0.25) is 0 Å². The zero-order chi connectivity index (χ0) is 14.5. The second-order valence-corrected chi connectivity index (χ2v) is 5.85. The van der Waals surface area contributed by atoms with Crippen LogP contribution in [0.3, 0.4) is 0 Å². The third-order valence-electron chi connectivity index (χ3n) is 2.78. The monoisotopic (exact) mass is 404 g/mol. The molecule has 0 aromatic heterocycles. The third kappa shape index (κ3) is 3.77. The molecular formula is C15H14ClIO3. The van der Waals surface area contributed by atoms with Gasteiger partial charge >= 0.3 is 0 Å². The molecule has 0 aliphatic carbocycles. The summed E-state index contributed by atoms with van der Waals surface area (Å²) in [6.45, 7) is 0.251. The predicted molar refractivity (Wildman–Crippen MR) is 87.4 cm³/mol. The van der Waals surface area contributed by atoms with Crippen LogP contribution in [0.5, 0.6) is 11.5 Å². The van der Waals surface area contributed by atoms with Gasteiger partial charge in [0.1, 0.15) is 6.61 Å². The molecule has 3 nitrogen and oxygen atoms in total. The molecule has 106 valence electrons. The van der Waals surface area contributed by atoms with Crippen molar-refractivity contribution in [3.8, 4) is 11.5 Å². The maximum atomic E-state index is 9.40. The summed E-state index contributed by atoms with van der Waals surface area (Å²) in [5.41, 5.74) is 1.66. The molecule has 0 unspecified atom stereocenters. The van der Waals surface area contributed by atoms with E-state index in [-0.39, 0.29) is 6.61 Å². The van der Waals surface area contributed by atoms with Crippen LogP contribution in [0.2, 0.25) is 5.02 Å². The van der Waals surface area contributed by atoms with E-state index in [1.165, 1.54) is 3.57 Å². The van der Waals surface area contributed by atoms with E-state index in [0.29, 0.717) is 28.7 Å². The molecular weight excluding hydrogens is 391 g/mol. The normalized spacial score (nSPS) is 10.4. The number of rotatable bonds is 5. The minimum absolute atomic E-state index is 0.154. The van der Waals surface area contributed by atoms with Gasteiger partial charge in [0, 0.05) is 20.2 Å². The van der Waals surface area contributed by atoms with Crippen molar-refractivity contribution >= 4 is 34.2 Å². The zero-order valence-corrected chi connectivity index (χ0v) is 13.8. The fourth-order valence-electron chi connectivity index (χ4n) is 1.79. The average molecular weight is 405 g/mol. The molecule has 0 saturated heterocycles. The quantitative estimate of drug-likeness (QED) is 0.765. The van der Waals surface area contributed by atoms with Crippen LogP contribution in [0.4, 0.5) is 0 Å². The fourth-order valence-corrected chi connectivity index (χ4v) is 2.38. The van der Waals surface area contributed by atoms with Crippen LogP contribution in [-0.4, -0.2) is 12.2 Å². The van der Waals surface area contributed by atoms with Gasteiger partial charge in [0.2, 0.25) is 0 Å². The molecule has 20 heavy (non-hydrogen) atoms. The average Bonchev–Trinajstić information content (AvgIpc) is 2.46. The lowest BCUT2D eigenvalue weighted by Gasteiger charge is -2.14. The molecule has 0 radical (unpaired) electrons. The van der Waals surface area contributed by atoms with E-state index in [9.17, 15) is 5.11 Å². The maximum absolute atomic E-state index is 9.40. The summed E-state index contributed by atoms with van der Waals surface area (Å²) >= 11 is 8.22. The predicted octanol–water partition coefficient (Wildman–Crippen LogP) is 4.02. The molecule has 0 amide bonds. The summed E-state index contributed by atoms with van der Waals surface area (Å²) < 4.78 is 12.2. The Balaban J connectivity index is 2.21. The third-order valence-corrected chi connectivity index (χ3v) is 3.72. The van der Waals surface area contributed by atoms with Crippen LogP contribution >= 0.6 is 34.2 Å². The number of hydrogen-bond acceptors (Lipinski definition) is 3. The molecule has 1 N–H and O–H groups in total. The second kappa shape index (κ2) is 7.15. The highest BCUT2D eigenvalue weighted by Crippen LogP contribution is 2.35. The van der Waals surface area contributed by atoms with Crippen LogP contribution in [0, 0.1) is 3.57 Å². The lowest BCUT2D eigenvalue weighted by atomic mass is 10.2. The number of benzene rings is 2. The number of halogens is 2. The smallest absolute Gasteiger partial charge is 0.167 e. The number of aliphatic hydroxyl groups excluding tert-OH is 1. The zero-order valence-electron chi connectivity index (χ0n) is 10.9. The molecule has 0 saturated carbocycles. The van der Waals surface area contributed by atoms with E-state index >= 15 is 0 Å². The van der Waals surface area contributed by atoms with E-state index in [1.807, 2.05) is 24.3 Å². The maximum Gasteiger partial charge on any atom is 0.167 e. The summed E-state index contributed by atoms with van der Waals surface area (Å²) in [6, 6.07) is 11.4. The van der Waals surface area contributed by atoms with Crippen molar-refractivity contribution in [1.29, 1.82) is 0 Å². The van der Waals surface area contributed by atoms with Gasteiger partial charge in [-0.2, -0.15) is 0 Å². The van der Waals surface area contributed by atoms with Crippen molar-refractivity contribution in [2.45, 2.75) is 13.2 Å². The Morgan fingerprint density at radius 1 is 1.20 bits per heavy atom.